The lowest BCUT2D eigenvalue weighted by atomic mass is 10.1. The standard InChI is InChI=1S/C13H10N2/c1-10-6-7-12(9-15-10)11-4-3-5-13(8-11)14-2/h3-9H,1H3. The summed E-state index contributed by atoms with van der Waals surface area (Å²) in [4.78, 5) is 7.64. The van der Waals surface area contributed by atoms with Crippen LogP contribution >= 0.6 is 0 Å². The Kier molecular flexibility index (Phi) is 2.47. The molecule has 2 heteroatoms. The quantitative estimate of drug-likeness (QED) is 0.634. The SMILES string of the molecule is [C-]#[N+]c1cccc(-c2ccc(C)nc2)c1. The molecule has 0 amide bonds. The zero-order valence-electron chi connectivity index (χ0n) is 8.44. The van der Waals surface area contributed by atoms with E-state index in [1.165, 1.54) is 0 Å². The Bertz CT molecular complexity index is 507. The van der Waals surface area contributed by atoms with Gasteiger partial charge in [-0.3, -0.25) is 4.98 Å². The third kappa shape index (κ3) is 2.03. The van der Waals surface area contributed by atoms with Gasteiger partial charge in [-0.1, -0.05) is 24.3 Å². The maximum absolute atomic E-state index is 6.95. The molecule has 0 bridgehead atoms. The molecule has 0 aliphatic heterocycles. The number of pyridine rings is 1. The molecule has 0 N–H and O–H groups in total. The number of nitrogens with zero attached hydrogens (tertiary/aromatic N) is 2. The smallest absolute Gasteiger partial charge is 0.187 e. The second-order valence-electron chi connectivity index (χ2n) is 3.35. The predicted octanol–water partition coefficient (Wildman–Crippen LogP) is 3.61. The summed E-state index contributed by atoms with van der Waals surface area (Å²) >= 11 is 0. The second kappa shape index (κ2) is 3.93. The minimum absolute atomic E-state index is 0.660. The van der Waals surface area contributed by atoms with Crippen molar-refractivity contribution in [1.82, 2.24) is 4.98 Å². The van der Waals surface area contributed by atoms with E-state index in [0.717, 1.165) is 16.8 Å². The van der Waals surface area contributed by atoms with Crippen LogP contribution in [0.2, 0.25) is 0 Å². The van der Waals surface area contributed by atoms with Crippen LogP contribution in [0.15, 0.2) is 42.6 Å². The Morgan fingerprint density at radius 2 is 2.00 bits per heavy atom. The first-order chi connectivity index (χ1) is 7.29. The van der Waals surface area contributed by atoms with Gasteiger partial charge in [0, 0.05) is 11.9 Å². The third-order valence-electron chi connectivity index (χ3n) is 2.22. The van der Waals surface area contributed by atoms with E-state index in [2.05, 4.69) is 9.83 Å². The maximum Gasteiger partial charge on any atom is 0.187 e. The first-order valence-corrected chi connectivity index (χ1v) is 4.70. The van der Waals surface area contributed by atoms with E-state index >= 15 is 0 Å². The molecule has 0 saturated carbocycles. The lowest BCUT2D eigenvalue weighted by molar-refractivity contribution is 1.20. The predicted molar refractivity (Wildman–Crippen MR) is 60.7 cm³/mol. The molecule has 0 fully saturated rings. The van der Waals surface area contributed by atoms with Gasteiger partial charge in [0.05, 0.1) is 6.57 Å². The molecule has 0 spiro atoms. The fourth-order valence-electron chi connectivity index (χ4n) is 1.39. The van der Waals surface area contributed by atoms with Crippen LogP contribution in [-0.2, 0) is 0 Å². The second-order valence-corrected chi connectivity index (χ2v) is 3.35. The van der Waals surface area contributed by atoms with Gasteiger partial charge in [0.2, 0.25) is 0 Å². The lowest BCUT2D eigenvalue weighted by Crippen LogP contribution is -1.82. The molecule has 0 aliphatic rings. The van der Waals surface area contributed by atoms with Crippen molar-refractivity contribution in [2.75, 3.05) is 0 Å². The van der Waals surface area contributed by atoms with Gasteiger partial charge in [0.15, 0.2) is 5.69 Å². The van der Waals surface area contributed by atoms with Gasteiger partial charge in [-0.05, 0) is 30.2 Å². The Balaban J connectivity index is 2.46. The van der Waals surface area contributed by atoms with E-state index in [4.69, 9.17) is 6.57 Å². The number of aromatic nitrogens is 1. The number of rotatable bonds is 1. The maximum atomic E-state index is 6.95. The molecular formula is C13H10N2. The summed E-state index contributed by atoms with van der Waals surface area (Å²) in [6.07, 6.45) is 1.83. The molecule has 1 heterocycles. The molecule has 0 radical (unpaired) electrons. The molecule has 0 saturated heterocycles. The van der Waals surface area contributed by atoms with Gasteiger partial charge in [-0.2, -0.15) is 0 Å². The van der Waals surface area contributed by atoms with Gasteiger partial charge in [-0.25, -0.2) is 4.85 Å². The molecule has 15 heavy (non-hydrogen) atoms. The van der Waals surface area contributed by atoms with Crippen molar-refractivity contribution < 1.29 is 0 Å². The van der Waals surface area contributed by atoms with Crippen molar-refractivity contribution in [3.8, 4) is 11.1 Å². The van der Waals surface area contributed by atoms with Crippen molar-refractivity contribution in [1.29, 1.82) is 0 Å². The van der Waals surface area contributed by atoms with Gasteiger partial charge in [-0.15, -0.1) is 0 Å². The molecular weight excluding hydrogens is 184 g/mol. The summed E-state index contributed by atoms with van der Waals surface area (Å²) < 4.78 is 0. The Hall–Kier alpha value is -2.14. The van der Waals surface area contributed by atoms with E-state index in [1.807, 2.05) is 43.5 Å². The highest BCUT2D eigenvalue weighted by Gasteiger charge is 1.98. The summed E-state index contributed by atoms with van der Waals surface area (Å²) in [6, 6.07) is 11.5. The number of hydrogen-bond donors (Lipinski definition) is 0. The van der Waals surface area contributed by atoms with Crippen molar-refractivity contribution in [3.05, 3.63) is 59.7 Å². The van der Waals surface area contributed by atoms with E-state index in [0.29, 0.717) is 5.69 Å². The van der Waals surface area contributed by atoms with Crippen LogP contribution in [0.5, 0.6) is 0 Å². The van der Waals surface area contributed by atoms with Crippen molar-refractivity contribution in [3.63, 3.8) is 0 Å². The van der Waals surface area contributed by atoms with Crippen LogP contribution in [-0.4, -0.2) is 4.98 Å². The normalized spacial score (nSPS) is 9.60. The van der Waals surface area contributed by atoms with Crippen LogP contribution < -0.4 is 0 Å². The van der Waals surface area contributed by atoms with Crippen molar-refractivity contribution in [2.45, 2.75) is 6.92 Å². The summed E-state index contributed by atoms with van der Waals surface area (Å²) in [5.74, 6) is 0. The molecule has 2 nitrogen and oxygen atoms in total. The zero-order chi connectivity index (χ0) is 10.7. The monoisotopic (exact) mass is 194 g/mol. The molecule has 0 atom stereocenters. The van der Waals surface area contributed by atoms with Gasteiger partial charge >= 0.3 is 0 Å². The molecule has 0 unspecified atom stereocenters. The largest absolute Gasteiger partial charge is 0.261 e. The Morgan fingerprint density at radius 1 is 1.13 bits per heavy atom. The van der Waals surface area contributed by atoms with Crippen LogP contribution in [0.1, 0.15) is 5.69 Å². The topological polar surface area (TPSA) is 17.2 Å². The highest BCUT2D eigenvalue weighted by Crippen LogP contribution is 2.23. The molecule has 1 aromatic heterocycles. The van der Waals surface area contributed by atoms with Crippen LogP contribution in [0.25, 0.3) is 16.0 Å². The molecule has 2 aromatic rings. The first-order valence-electron chi connectivity index (χ1n) is 4.70. The van der Waals surface area contributed by atoms with Crippen LogP contribution in [0.3, 0.4) is 0 Å². The molecule has 72 valence electrons. The minimum Gasteiger partial charge on any atom is -0.261 e. The van der Waals surface area contributed by atoms with Gasteiger partial charge in [0.25, 0.3) is 0 Å². The molecule has 1 aromatic carbocycles. The average Bonchev–Trinajstić information content (AvgIpc) is 2.30. The van der Waals surface area contributed by atoms with Gasteiger partial charge in [0.1, 0.15) is 0 Å². The van der Waals surface area contributed by atoms with Crippen molar-refractivity contribution in [2.24, 2.45) is 0 Å². The average molecular weight is 194 g/mol. The minimum atomic E-state index is 0.660. The first kappa shape index (κ1) is 9.42. The van der Waals surface area contributed by atoms with E-state index in [9.17, 15) is 0 Å². The van der Waals surface area contributed by atoms with E-state index in [-0.39, 0.29) is 0 Å². The van der Waals surface area contributed by atoms with Crippen LogP contribution in [0, 0.1) is 13.5 Å². The summed E-state index contributed by atoms with van der Waals surface area (Å²) in [5.41, 5.74) is 3.75. The molecule has 0 aliphatic carbocycles. The van der Waals surface area contributed by atoms with Crippen LogP contribution in [0.4, 0.5) is 5.69 Å². The lowest BCUT2D eigenvalue weighted by Gasteiger charge is -2.01. The number of aryl methyl sites for hydroxylation is 1. The third-order valence-corrected chi connectivity index (χ3v) is 2.22. The molecule has 2 rings (SSSR count). The number of hydrogen-bond acceptors (Lipinski definition) is 1. The highest BCUT2D eigenvalue weighted by molar-refractivity contribution is 5.67. The van der Waals surface area contributed by atoms with E-state index in [1.54, 1.807) is 6.07 Å². The summed E-state index contributed by atoms with van der Waals surface area (Å²) in [6.45, 7) is 8.90. The Labute approximate surface area is 89.0 Å². The summed E-state index contributed by atoms with van der Waals surface area (Å²) in [5, 5.41) is 0. The number of benzene rings is 1. The van der Waals surface area contributed by atoms with Gasteiger partial charge < -0.3 is 0 Å². The van der Waals surface area contributed by atoms with E-state index < -0.39 is 0 Å². The highest BCUT2D eigenvalue weighted by atomic mass is 14.7. The van der Waals surface area contributed by atoms with Crippen molar-refractivity contribution >= 4 is 5.69 Å². The summed E-state index contributed by atoms with van der Waals surface area (Å²) in [7, 11) is 0. The Morgan fingerprint density at radius 3 is 2.67 bits per heavy atom. The fraction of sp³-hybridized carbons (Fsp3) is 0.0769. The zero-order valence-corrected chi connectivity index (χ0v) is 8.44. The fourth-order valence-corrected chi connectivity index (χ4v) is 1.39.